The molecule has 0 saturated heterocycles. The van der Waals surface area contributed by atoms with E-state index in [1.165, 1.54) is 18.2 Å². The highest BCUT2D eigenvalue weighted by molar-refractivity contribution is 5.95. The van der Waals surface area contributed by atoms with Crippen molar-refractivity contribution in [3.05, 3.63) is 34.3 Å². The number of nitrogens with zero attached hydrogens (tertiary/aromatic N) is 2. The Morgan fingerprint density at radius 3 is 2.50 bits per heavy atom. The second kappa shape index (κ2) is 3.39. The second-order valence-electron chi connectivity index (χ2n) is 2.12. The summed E-state index contributed by atoms with van der Waals surface area (Å²) in [7, 11) is 0. The monoisotopic (exact) mass is 161 g/mol. The molecule has 0 fully saturated rings. The zero-order valence-corrected chi connectivity index (χ0v) is 6.10. The first-order valence-electron chi connectivity index (χ1n) is 3.22. The van der Waals surface area contributed by atoms with Gasteiger partial charge >= 0.3 is 5.69 Å². The van der Waals surface area contributed by atoms with Crippen LogP contribution in [0.3, 0.4) is 0 Å². The Labute approximate surface area is 68.4 Å². The fourth-order valence-corrected chi connectivity index (χ4v) is 0.889. The van der Waals surface area contributed by atoms with E-state index in [4.69, 9.17) is 5.39 Å². The van der Waals surface area contributed by atoms with E-state index in [1.807, 2.05) is 0 Å². The van der Waals surface area contributed by atoms with Gasteiger partial charge in [0.2, 0.25) is 5.39 Å². The normalized spacial score (nSPS) is 8.58. The molecule has 0 saturated carbocycles. The Kier molecular flexibility index (Phi) is 2.29. The number of benzene rings is 1. The summed E-state index contributed by atoms with van der Waals surface area (Å²) < 4.78 is 0. The van der Waals surface area contributed by atoms with Gasteiger partial charge < -0.3 is 0 Å². The lowest BCUT2D eigenvalue weighted by Crippen LogP contribution is -1.89. The van der Waals surface area contributed by atoms with Gasteiger partial charge in [-0.2, -0.15) is 0 Å². The zero-order chi connectivity index (χ0) is 8.97. The lowest BCUT2D eigenvalue weighted by molar-refractivity contribution is 0.109. The van der Waals surface area contributed by atoms with E-state index in [0.29, 0.717) is 12.6 Å². The van der Waals surface area contributed by atoms with E-state index < -0.39 is 0 Å². The largest absolute Gasteiger partial charge is 0.396 e. The average molecular weight is 161 g/mol. The van der Waals surface area contributed by atoms with E-state index in [9.17, 15) is 9.59 Å². The summed E-state index contributed by atoms with van der Waals surface area (Å²) in [5, 5.41) is 8.42. The topological polar surface area (TPSA) is 62.3 Å². The SMILES string of the molecule is N#[N+]c1cccc(C=O)c1C=O. The van der Waals surface area contributed by atoms with Crippen molar-refractivity contribution in [1.29, 1.82) is 5.39 Å². The number of carbonyl (C=O) groups is 2. The molecule has 0 aliphatic carbocycles. The molecule has 0 amide bonds. The van der Waals surface area contributed by atoms with Crippen molar-refractivity contribution < 1.29 is 9.59 Å². The van der Waals surface area contributed by atoms with Crippen LogP contribution in [-0.4, -0.2) is 12.6 Å². The minimum absolute atomic E-state index is 0.106. The molecule has 1 aromatic rings. The lowest BCUT2D eigenvalue weighted by atomic mass is 10.1. The van der Waals surface area contributed by atoms with E-state index in [1.54, 1.807) is 0 Å². The minimum Gasteiger partial charge on any atom is -0.298 e. The number of aldehydes is 2. The molecule has 0 aromatic heterocycles. The van der Waals surface area contributed by atoms with E-state index in [0.717, 1.165) is 0 Å². The van der Waals surface area contributed by atoms with Gasteiger partial charge in [-0.25, -0.2) is 0 Å². The van der Waals surface area contributed by atoms with E-state index >= 15 is 0 Å². The molecule has 1 aromatic carbocycles. The van der Waals surface area contributed by atoms with Crippen LogP contribution in [0.4, 0.5) is 5.69 Å². The van der Waals surface area contributed by atoms with Crippen LogP contribution in [0.15, 0.2) is 18.2 Å². The summed E-state index contributed by atoms with van der Waals surface area (Å²) in [6.07, 6.45) is 1.02. The third-order valence-corrected chi connectivity index (χ3v) is 1.47. The van der Waals surface area contributed by atoms with Gasteiger partial charge in [0.15, 0.2) is 17.5 Å². The fourth-order valence-electron chi connectivity index (χ4n) is 0.889. The highest BCUT2D eigenvalue weighted by atomic mass is 16.1. The van der Waals surface area contributed by atoms with Crippen molar-refractivity contribution >= 4 is 18.3 Å². The van der Waals surface area contributed by atoms with Crippen LogP contribution in [0.25, 0.3) is 4.98 Å². The van der Waals surface area contributed by atoms with Gasteiger partial charge in [-0.1, -0.05) is 12.1 Å². The van der Waals surface area contributed by atoms with Crippen molar-refractivity contribution in [1.82, 2.24) is 0 Å². The van der Waals surface area contributed by atoms with E-state index in [2.05, 4.69) is 4.98 Å². The van der Waals surface area contributed by atoms with Crippen molar-refractivity contribution in [2.24, 2.45) is 0 Å². The maximum atomic E-state index is 10.4. The number of hydrogen-bond donors (Lipinski definition) is 0. The number of carbonyl (C=O) groups excluding carboxylic acids is 2. The highest BCUT2D eigenvalue weighted by Crippen LogP contribution is 2.19. The van der Waals surface area contributed by atoms with E-state index in [-0.39, 0.29) is 16.8 Å². The van der Waals surface area contributed by atoms with Crippen LogP contribution >= 0.6 is 0 Å². The molecule has 0 atom stereocenters. The first kappa shape index (κ1) is 8.08. The Balaban J connectivity index is 3.44. The summed E-state index contributed by atoms with van der Waals surface area (Å²) in [6, 6.07) is 4.45. The molecule has 0 unspecified atom stereocenters. The Morgan fingerprint density at radius 2 is 2.00 bits per heavy atom. The molecule has 0 radical (unpaired) electrons. The predicted octanol–water partition coefficient (Wildman–Crippen LogP) is 1.80. The molecule has 0 aliphatic heterocycles. The molecule has 4 nitrogen and oxygen atoms in total. The summed E-state index contributed by atoms with van der Waals surface area (Å²) >= 11 is 0. The molecule has 0 N–H and O–H groups in total. The molecular weight excluding hydrogens is 156 g/mol. The maximum absolute atomic E-state index is 10.4. The zero-order valence-electron chi connectivity index (χ0n) is 6.10. The fraction of sp³-hybridized carbons (Fsp3) is 0. The molecule has 0 heterocycles. The molecule has 0 bridgehead atoms. The Bertz CT molecular complexity index is 366. The van der Waals surface area contributed by atoms with Gasteiger partial charge in [-0.05, 0) is 0 Å². The second-order valence-corrected chi connectivity index (χ2v) is 2.12. The molecule has 4 heteroatoms. The quantitative estimate of drug-likeness (QED) is 0.490. The molecule has 12 heavy (non-hydrogen) atoms. The van der Waals surface area contributed by atoms with Crippen LogP contribution in [-0.2, 0) is 0 Å². The first-order chi connectivity index (χ1) is 5.83. The third-order valence-electron chi connectivity index (χ3n) is 1.47. The third kappa shape index (κ3) is 1.20. The van der Waals surface area contributed by atoms with Crippen molar-refractivity contribution in [2.45, 2.75) is 0 Å². The Morgan fingerprint density at radius 1 is 1.25 bits per heavy atom. The number of rotatable bonds is 2. The van der Waals surface area contributed by atoms with Crippen molar-refractivity contribution in [3.63, 3.8) is 0 Å². The standard InChI is InChI=1S/C8H5N2O2/c9-10-8-3-1-2-6(4-11)7(8)5-12/h1-5H/q+1. The smallest absolute Gasteiger partial charge is 0.298 e. The van der Waals surface area contributed by atoms with Crippen LogP contribution in [0.1, 0.15) is 20.7 Å². The first-order valence-corrected chi connectivity index (χ1v) is 3.22. The predicted molar refractivity (Wildman–Crippen MR) is 42.0 cm³/mol. The van der Waals surface area contributed by atoms with Crippen LogP contribution in [0, 0.1) is 5.39 Å². The molecular formula is C8H5N2O2+. The van der Waals surface area contributed by atoms with Gasteiger partial charge in [0.05, 0.1) is 0 Å². The lowest BCUT2D eigenvalue weighted by Gasteiger charge is -1.89. The maximum Gasteiger partial charge on any atom is 0.396 e. The Hall–Kier alpha value is -2.02. The van der Waals surface area contributed by atoms with Gasteiger partial charge in [0.25, 0.3) is 0 Å². The van der Waals surface area contributed by atoms with Gasteiger partial charge in [0, 0.05) is 11.6 Å². The molecule has 1 rings (SSSR count). The summed E-state index contributed by atoms with van der Waals surface area (Å²) in [6.45, 7) is 0. The van der Waals surface area contributed by atoms with Crippen molar-refractivity contribution in [3.8, 4) is 0 Å². The molecule has 0 spiro atoms. The van der Waals surface area contributed by atoms with Crippen LogP contribution in [0.5, 0.6) is 0 Å². The van der Waals surface area contributed by atoms with Gasteiger partial charge in [0.1, 0.15) is 5.56 Å². The number of hydrogen-bond acceptors (Lipinski definition) is 3. The minimum atomic E-state index is 0.106. The summed E-state index contributed by atoms with van der Waals surface area (Å²) in [4.78, 5) is 23.7. The summed E-state index contributed by atoms with van der Waals surface area (Å²) in [5.41, 5.74) is 0.435. The summed E-state index contributed by atoms with van der Waals surface area (Å²) in [5.74, 6) is 0. The van der Waals surface area contributed by atoms with Gasteiger partial charge in [-0.15, -0.1) is 0 Å². The molecule has 58 valence electrons. The molecule has 0 aliphatic rings. The van der Waals surface area contributed by atoms with Crippen LogP contribution < -0.4 is 0 Å². The van der Waals surface area contributed by atoms with Crippen molar-refractivity contribution in [2.75, 3.05) is 0 Å². The highest BCUT2D eigenvalue weighted by Gasteiger charge is 2.15. The average Bonchev–Trinajstić information content (AvgIpc) is 2.16. The van der Waals surface area contributed by atoms with Crippen LogP contribution in [0.2, 0.25) is 0 Å². The number of diazo groups is 1. The van der Waals surface area contributed by atoms with Gasteiger partial charge in [-0.3, -0.25) is 9.59 Å².